The molecule has 2 heteroatoms. The molecule has 1 aliphatic heterocycles. The van der Waals surface area contributed by atoms with Gasteiger partial charge in [0.15, 0.2) is 0 Å². The minimum absolute atomic E-state index is 0.572. The molecule has 0 saturated carbocycles. The Kier molecular flexibility index (Phi) is 3.13. The summed E-state index contributed by atoms with van der Waals surface area (Å²) in [6.07, 6.45) is 5.56. The maximum Gasteiger partial charge on any atom is 0.0692 e. The number of hydrogen-bond donors (Lipinski definition) is 1. The van der Waals surface area contributed by atoms with Crippen molar-refractivity contribution >= 4 is 8.07 Å². The van der Waals surface area contributed by atoms with Crippen molar-refractivity contribution < 1.29 is 0 Å². The van der Waals surface area contributed by atoms with Gasteiger partial charge in [0.05, 0.1) is 8.07 Å². The Balaban J connectivity index is 2.49. The first-order chi connectivity index (χ1) is 5.19. The Morgan fingerprint density at radius 2 is 1.82 bits per heavy atom. The molecule has 66 valence electrons. The van der Waals surface area contributed by atoms with Gasteiger partial charge in [-0.3, -0.25) is 0 Å². The van der Waals surface area contributed by atoms with Gasteiger partial charge in [-0.1, -0.05) is 44.8 Å². The molecule has 0 spiro atoms. The van der Waals surface area contributed by atoms with Crippen molar-refractivity contribution in [3.63, 3.8) is 0 Å². The Labute approximate surface area is 71.4 Å². The summed E-state index contributed by atoms with van der Waals surface area (Å²) in [5.74, 6) is 0. The van der Waals surface area contributed by atoms with Crippen LogP contribution in [0.1, 0.15) is 32.6 Å². The third-order valence-electron chi connectivity index (χ3n) is 3.33. The van der Waals surface area contributed by atoms with E-state index in [2.05, 4.69) is 13.5 Å². The summed E-state index contributed by atoms with van der Waals surface area (Å²) in [4.78, 5) is 0. The van der Waals surface area contributed by atoms with Crippen molar-refractivity contribution in [1.29, 1.82) is 0 Å². The van der Waals surface area contributed by atoms with Crippen LogP contribution in [0.4, 0.5) is 0 Å². The highest BCUT2D eigenvalue weighted by Gasteiger charge is 2.33. The second-order valence-corrected chi connectivity index (χ2v) is 9.28. The molecule has 2 N–H and O–H groups in total. The lowest BCUT2D eigenvalue weighted by Gasteiger charge is -2.36. The van der Waals surface area contributed by atoms with Crippen molar-refractivity contribution in [1.82, 2.24) is 0 Å². The molecule has 1 heterocycles. The molecule has 1 aliphatic rings. The maximum absolute atomic E-state index is 6.14. The van der Waals surface area contributed by atoms with E-state index in [-0.39, 0.29) is 0 Å². The van der Waals surface area contributed by atoms with E-state index in [1.807, 2.05) is 0 Å². The van der Waals surface area contributed by atoms with E-state index in [0.717, 1.165) is 0 Å². The number of rotatable bonds is 2. The van der Waals surface area contributed by atoms with Gasteiger partial charge in [0.25, 0.3) is 0 Å². The summed E-state index contributed by atoms with van der Waals surface area (Å²) in [7, 11) is -0.962. The minimum atomic E-state index is -0.962. The smallest absolute Gasteiger partial charge is 0.0692 e. The van der Waals surface area contributed by atoms with E-state index in [9.17, 15) is 0 Å². The van der Waals surface area contributed by atoms with E-state index in [1.54, 1.807) is 0 Å². The molecular weight excluding hydrogens is 150 g/mol. The van der Waals surface area contributed by atoms with Crippen molar-refractivity contribution in [3.8, 4) is 0 Å². The van der Waals surface area contributed by atoms with Crippen LogP contribution in [0.3, 0.4) is 0 Å². The molecule has 0 aromatic heterocycles. The van der Waals surface area contributed by atoms with Crippen LogP contribution in [-0.4, -0.2) is 13.7 Å². The van der Waals surface area contributed by atoms with Gasteiger partial charge in [-0.2, -0.15) is 0 Å². The molecule has 1 atom stereocenters. The fraction of sp³-hybridized carbons (Fsp3) is 1.00. The van der Waals surface area contributed by atoms with Crippen molar-refractivity contribution in [3.05, 3.63) is 0 Å². The molecule has 0 radical (unpaired) electrons. The maximum atomic E-state index is 6.14. The van der Waals surface area contributed by atoms with Gasteiger partial charge in [-0.15, -0.1) is 0 Å². The lowest BCUT2D eigenvalue weighted by atomic mass is 10.3. The predicted molar refractivity (Wildman–Crippen MR) is 53.3 cm³/mol. The molecule has 0 aromatic carbocycles. The second-order valence-electron chi connectivity index (χ2n) is 4.23. The van der Waals surface area contributed by atoms with Crippen molar-refractivity contribution in [2.45, 2.75) is 56.9 Å². The molecule has 1 nitrogen and oxygen atoms in total. The highest BCUT2D eigenvalue weighted by Crippen LogP contribution is 2.30. The fourth-order valence-electron chi connectivity index (χ4n) is 2.22. The standard InChI is InChI=1S/C9H21NSi/c1-3-9(10)11(2)7-5-4-6-8-11/h9H,3-8,10H2,1-2H3. The van der Waals surface area contributed by atoms with E-state index in [1.165, 1.54) is 37.8 Å². The Morgan fingerprint density at radius 3 is 2.27 bits per heavy atom. The van der Waals surface area contributed by atoms with Gasteiger partial charge in [-0.25, -0.2) is 0 Å². The van der Waals surface area contributed by atoms with Crippen LogP contribution in [0, 0.1) is 0 Å². The zero-order chi connectivity index (χ0) is 8.32. The average Bonchev–Trinajstić information content (AvgIpc) is 2.04. The second kappa shape index (κ2) is 3.72. The molecule has 1 unspecified atom stereocenters. The molecule has 1 fully saturated rings. The first kappa shape index (κ1) is 9.27. The average molecular weight is 171 g/mol. The molecule has 1 rings (SSSR count). The van der Waals surface area contributed by atoms with Crippen LogP contribution < -0.4 is 5.73 Å². The van der Waals surface area contributed by atoms with Crippen LogP contribution in [0.25, 0.3) is 0 Å². The van der Waals surface area contributed by atoms with Gasteiger partial charge in [0.2, 0.25) is 0 Å². The lowest BCUT2D eigenvalue weighted by molar-refractivity contribution is 0.675. The van der Waals surface area contributed by atoms with Gasteiger partial charge >= 0.3 is 0 Å². The summed E-state index contributed by atoms with van der Waals surface area (Å²) in [6, 6.07) is 2.98. The van der Waals surface area contributed by atoms with Crippen LogP contribution in [0.2, 0.25) is 18.6 Å². The summed E-state index contributed by atoms with van der Waals surface area (Å²) in [5, 5.41) is 0. The molecule has 0 aromatic rings. The topological polar surface area (TPSA) is 26.0 Å². The highest BCUT2D eigenvalue weighted by atomic mass is 28.3. The van der Waals surface area contributed by atoms with Gasteiger partial charge in [-0.05, 0) is 12.1 Å². The Morgan fingerprint density at radius 1 is 1.27 bits per heavy atom. The van der Waals surface area contributed by atoms with E-state index >= 15 is 0 Å². The van der Waals surface area contributed by atoms with E-state index in [4.69, 9.17) is 5.73 Å². The fourth-order valence-corrected chi connectivity index (χ4v) is 6.32. The predicted octanol–water partition coefficient (Wildman–Crippen LogP) is 2.53. The van der Waals surface area contributed by atoms with Crippen LogP contribution >= 0.6 is 0 Å². The number of nitrogens with two attached hydrogens (primary N) is 1. The zero-order valence-corrected chi connectivity index (χ0v) is 8.90. The third-order valence-corrected chi connectivity index (χ3v) is 8.52. The SMILES string of the molecule is CCC(N)[Si]1(C)CCCCC1. The highest BCUT2D eigenvalue weighted by molar-refractivity contribution is 6.80. The molecule has 0 amide bonds. The van der Waals surface area contributed by atoms with Crippen LogP contribution in [-0.2, 0) is 0 Å². The summed E-state index contributed by atoms with van der Waals surface area (Å²) < 4.78 is 0. The molecule has 11 heavy (non-hydrogen) atoms. The molecule has 0 aliphatic carbocycles. The van der Waals surface area contributed by atoms with Gasteiger partial charge < -0.3 is 5.73 Å². The quantitative estimate of drug-likeness (QED) is 0.635. The van der Waals surface area contributed by atoms with E-state index in [0.29, 0.717) is 5.67 Å². The molecule has 1 saturated heterocycles. The minimum Gasteiger partial charge on any atom is -0.330 e. The zero-order valence-electron chi connectivity index (χ0n) is 7.90. The van der Waals surface area contributed by atoms with Gasteiger partial charge in [0, 0.05) is 0 Å². The normalized spacial score (nSPS) is 26.5. The summed E-state index contributed by atoms with van der Waals surface area (Å²) in [6.45, 7) is 4.73. The first-order valence-electron chi connectivity index (χ1n) is 4.94. The Hall–Kier alpha value is 0.177. The summed E-state index contributed by atoms with van der Waals surface area (Å²) in [5.41, 5.74) is 6.72. The number of hydrogen-bond acceptors (Lipinski definition) is 1. The Bertz CT molecular complexity index is 119. The van der Waals surface area contributed by atoms with Gasteiger partial charge in [0.1, 0.15) is 0 Å². The van der Waals surface area contributed by atoms with Crippen LogP contribution in [0.15, 0.2) is 0 Å². The van der Waals surface area contributed by atoms with E-state index < -0.39 is 8.07 Å². The third kappa shape index (κ3) is 2.06. The molecule has 0 bridgehead atoms. The van der Waals surface area contributed by atoms with Crippen molar-refractivity contribution in [2.24, 2.45) is 5.73 Å². The molecular formula is C9H21NSi. The first-order valence-corrected chi connectivity index (χ1v) is 7.94. The van der Waals surface area contributed by atoms with Crippen LogP contribution in [0.5, 0.6) is 0 Å². The van der Waals surface area contributed by atoms with Crippen molar-refractivity contribution in [2.75, 3.05) is 0 Å². The lowest BCUT2D eigenvalue weighted by Crippen LogP contribution is -2.50. The summed E-state index contributed by atoms with van der Waals surface area (Å²) >= 11 is 0. The monoisotopic (exact) mass is 171 g/mol. The largest absolute Gasteiger partial charge is 0.330 e.